The number of methoxy groups -OCH3 is 1. The Bertz CT molecular complexity index is 1360. The van der Waals surface area contributed by atoms with Gasteiger partial charge in [-0.2, -0.15) is 0 Å². The molecule has 4 rings (SSSR count). The Morgan fingerprint density at radius 3 is 2.37 bits per heavy atom. The van der Waals surface area contributed by atoms with Crippen LogP contribution in [0.25, 0.3) is 5.76 Å². The summed E-state index contributed by atoms with van der Waals surface area (Å²) in [5, 5.41) is 20.3. The molecule has 1 aliphatic heterocycles. The van der Waals surface area contributed by atoms with Crippen LogP contribution in [0.1, 0.15) is 28.3 Å². The molecular weight excluding hydrogens is 514 g/mol. The summed E-state index contributed by atoms with van der Waals surface area (Å²) in [5.41, 5.74) is 2.76. The number of ether oxygens (including phenoxy) is 1. The van der Waals surface area contributed by atoms with Crippen molar-refractivity contribution in [2.45, 2.75) is 19.4 Å². The average Bonchev–Trinajstić information content (AvgIpc) is 3.11. The van der Waals surface area contributed by atoms with E-state index in [-0.39, 0.29) is 17.8 Å². The molecule has 1 heterocycles. The highest BCUT2D eigenvalue weighted by Gasteiger charge is 2.47. The number of Topliss-reactive ketones (excluding diaryl/α,β-unsaturated/α-hetero) is 1. The number of aryl methyl sites for hydroxylation is 1. The number of amides is 1. The van der Waals surface area contributed by atoms with Crippen LogP contribution in [0.15, 0.2) is 76.8 Å². The fraction of sp³-hybridized carbons (Fsp3) is 0.148. The van der Waals surface area contributed by atoms with Crippen molar-refractivity contribution in [2.75, 3.05) is 12.0 Å². The Hall–Kier alpha value is -3.91. The van der Waals surface area contributed by atoms with E-state index < -0.39 is 23.7 Å². The zero-order valence-corrected chi connectivity index (χ0v) is 20.6. The van der Waals surface area contributed by atoms with Crippen molar-refractivity contribution >= 4 is 45.0 Å². The molecular formula is C27H22BrNO6. The van der Waals surface area contributed by atoms with Crippen molar-refractivity contribution in [2.24, 2.45) is 0 Å². The van der Waals surface area contributed by atoms with Gasteiger partial charge in [0.15, 0.2) is 0 Å². The third-order valence-corrected chi connectivity index (χ3v) is 6.74. The summed E-state index contributed by atoms with van der Waals surface area (Å²) in [6, 6.07) is 17.6. The number of carboxylic acid groups (broad SMARTS) is 1. The van der Waals surface area contributed by atoms with Gasteiger partial charge in [-0.3, -0.25) is 19.3 Å². The number of aliphatic hydroxyl groups excluding tert-OH is 1. The van der Waals surface area contributed by atoms with Gasteiger partial charge in [0.05, 0.1) is 25.1 Å². The minimum atomic E-state index is -0.973. The minimum Gasteiger partial charge on any atom is -0.507 e. The van der Waals surface area contributed by atoms with Crippen molar-refractivity contribution < 1.29 is 29.3 Å². The summed E-state index contributed by atoms with van der Waals surface area (Å²) in [6.45, 7) is 1.86. The van der Waals surface area contributed by atoms with E-state index in [9.17, 15) is 19.5 Å². The smallest absolute Gasteiger partial charge is 0.307 e. The van der Waals surface area contributed by atoms with Crippen molar-refractivity contribution in [3.05, 3.63) is 99.0 Å². The topological polar surface area (TPSA) is 104 Å². The van der Waals surface area contributed by atoms with Crippen molar-refractivity contribution in [1.29, 1.82) is 0 Å². The fourth-order valence-electron chi connectivity index (χ4n) is 4.12. The van der Waals surface area contributed by atoms with E-state index >= 15 is 0 Å². The van der Waals surface area contributed by atoms with Gasteiger partial charge in [0.1, 0.15) is 11.5 Å². The van der Waals surface area contributed by atoms with Crippen LogP contribution in [-0.2, 0) is 20.8 Å². The number of halogens is 1. The molecule has 1 atom stereocenters. The van der Waals surface area contributed by atoms with Gasteiger partial charge in [0.25, 0.3) is 11.7 Å². The molecule has 0 spiro atoms. The molecule has 1 fully saturated rings. The van der Waals surface area contributed by atoms with Crippen molar-refractivity contribution in [3.8, 4) is 5.75 Å². The molecule has 1 amide bonds. The molecule has 1 aliphatic rings. The SMILES string of the molecule is COc1cccc(C2/C(=C(/O)c3ccc(Br)c(C)c3)C(=O)C(=O)N2c2ccc(CC(=O)O)cc2)c1. The second kappa shape index (κ2) is 9.76. The number of nitrogens with zero attached hydrogens (tertiary/aromatic N) is 1. The first-order valence-electron chi connectivity index (χ1n) is 10.7. The highest BCUT2D eigenvalue weighted by atomic mass is 79.9. The number of anilines is 1. The Balaban J connectivity index is 1.90. The Labute approximate surface area is 210 Å². The summed E-state index contributed by atoms with van der Waals surface area (Å²) in [7, 11) is 1.52. The summed E-state index contributed by atoms with van der Waals surface area (Å²) >= 11 is 3.43. The van der Waals surface area contributed by atoms with Gasteiger partial charge in [-0.15, -0.1) is 0 Å². The summed E-state index contributed by atoms with van der Waals surface area (Å²) in [5.74, 6) is -2.33. The van der Waals surface area contributed by atoms with Crippen LogP contribution in [0.4, 0.5) is 5.69 Å². The van der Waals surface area contributed by atoms with E-state index in [0.717, 1.165) is 10.0 Å². The van der Waals surface area contributed by atoms with E-state index in [2.05, 4.69) is 15.9 Å². The summed E-state index contributed by atoms with van der Waals surface area (Å²) in [6.07, 6.45) is -0.165. The number of aliphatic hydroxyl groups is 1. The fourth-order valence-corrected chi connectivity index (χ4v) is 4.37. The zero-order valence-electron chi connectivity index (χ0n) is 19.0. The molecule has 2 N–H and O–H groups in total. The molecule has 0 radical (unpaired) electrons. The molecule has 0 aromatic heterocycles. The molecule has 3 aromatic rings. The molecule has 0 saturated carbocycles. The van der Waals surface area contributed by atoms with Gasteiger partial charge in [-0.05, 0) is 60.0 Å². The Morgan fingerprint density at radius 2 is 1.74 bits per heavy atom. The lowest BCUT2D eigenvalue weighted by Gasteiger charge is -2.26. The van der Waals surface area contributed by atoms with Gasteiger partial charge >= 0.3 is 5.97 Å². The molecule has 178 valence electrons. The average molecular weight is 536 g/mol. The highest BCUT2D eigenvalue weighted by molar-refractivity contribution is 9.10. The van der Waals surface area contributed by atoms with Gasteiger partial charge in [-0.25, -0.2) is 0 Å². The molecule has 8 heteroatoms. The molecule has 0 aliphatic carbocycles. The molecule has 1 saturated heterocycles. The number of benzene rings is 3. The van der Waals surface area contributed by atoms with Crippen molar-refractivity contribution in [1.82, 2.24) is 0 Å². The predicted octanol–water partition coefficient (Wildman–Crippen LogP) is 5.02. The van der Waals surface area contributed by atoms with Crippen LogP contribution >= 0.6 is 15.9 Å². The summed E-state index contributed by atoms with van der Waals surface area (Å²) < 4.78 is 6.19. The van der Waals surface area contributed by atoms with Gasteiger partial charge in [-0.1, -0.05) is 46.3 Å². The second-order valence-corrected chi connectivity index (χ2v) is 9.00. The van der Waals surface area contributed by atoms with Crippen LogP contribution < -0.4 is 9.64 Å². The monoisotopic (exact) mass is 535 g/mol. The van der Waals surface area contributed by atoms with Crippen molar-refractivity contribution in [3.63, 3.8) is 0 Å². The van der Waals surface area contributed by atoms with Gasteiger partial charge in [0.2, 0.25) is 0 Å². The highest BCUT2D eigenvalue weighted by Crippen LogP contribution is 2.43. The first-order chi connectivity index (χ1) is 16.7. The zero-order chi connectivity index (χ0) is 25.3. The Kier molecular flexibility index (Phi) is 6.75. The van der Waals surface area contributed by atoms with E-state index in [1.54, 1.807) is 66.7 Å². The lowest BCUT2D eigenvalue weighted by molar-refractivity contribution is -0.136. The summed E-state index contributed by atoms with van der Waals surface area (Å²) in [4.78, 5) is 38.9. The molecule has 35 heavy (non-hydrogen) atoms. The number of aliphatic carboxylic acids is 1. The quantitative estimate of drug-likeness (QED) is 0.261. The number of rotatable bonds is 6. The Morgan fingerprint density at radius 1 is 1.03 bits per heavy atom. The normalized spacial score (nSPS) is 17.0. The van der Waals surface area contributed by atoms with Crippen LogP contribution in [0.2, 0.25) is 0 Å². The lowest BCUT2D eigenvalue weighted by Crippen LogP contribution is -2.29. The number of carboxylic acids is 1. The minimum absolute atomic E-state index is 0.0420. The third kappa shape index (κ3) is 4.70. The van der Waals surface area contributed by atoms with E-state index in [4.69, 9.17) is 9.84 Å². The number of carbonyl (C=O) groups excluding carboxylic acids is 2. The van der Waals surface area contributed by atoms with Crippen LogP contribution in [0, 0.1) is 6.92 Å². The van der Waals surface area contributed by atoms with E-state index in [1.165, 1.54) is 12.0 Å². The van der Waals surface area contributed by atoms with Gasteiger partial charge < -0.3 is 14.9 Å². The van der Waals surface area contributed by atoms with Crippen LogP contribution in [0.3, 0.4) is 0 Å². The maximum absolute atomic E-state index is 13.3. The van der Waals surface area contributed by atoms with Crippen LogP contribution in [-0.4, -0.2) is 35.0 Å². The maximum atomic E-state index is 13.3. The molecule has 3 aromatic carbocycles. The number of hydrogen-bond donors (Lipinski definition) is 2. The molecule has 0 bridgehead atoms. The number of hydrogen-bond acceptors (Lipinski definition) is 5. The first kappa shape index (κ1) is 24.2. The standard InChI is InChI=1S/C27H22BrNO6/c1-15-12-18(8-11-21(15)28)25(32)23-24(17-4-3-5-20(14-17)35-2)29(27(34)26(23)33)19-9-6-16(7-10-19)13-22(30)31/h3-12,14,24,32H,13H2,1-2H3,(H,30,31)/b25-23-. The van der Waals surface area contributed by atoms with Crippen LogP contribution in [0.5, 0.6) is 5.75 Å². The maximum Gasteiger partial charge on any atom is 0.307 e. The number of ketones is 1. The van der Waals surface area contributed by atoms with E-state index in [0.29, 0.717) is 28.1 Å². The van der Waals surface area contributed by atoms with Gasteiger partial charge in [0, 0.05) is 15.7 Å². The predicted molar refractivity (Wildman–Crippen MR) is 134 cm³/mol. The largest absolute Gasteiger partial charge is 0.507 e. The first-order valence-corrected chi connectivity index (χ1v) is 11.5. The third-order valence-electron chi connectivity index (χ3n) is 5.86. The lowest BCUT2D eigenvalue weighted by atomic mass is 9.94. The number of carbonyl (C=O) groups is 3. The second-order valence-electron chi connectivity index (χ2n) is 8.15. The van der Waals surface area contributed by atoms with E-state index in [1.807, 2.05) is 6.92 Å². The molecule has 7 nitrogen and oxygen atoms in total. The molecule has 1 unspecified atom stereocenters.